The molecule has 0 atom stereocenters. The molecule has 0 spiro atoms. The second-order valence-electron chi connectivity index (χ2n) is 0.448. The minimum atomic E-state index is -4.67. The summed E-state index contributed by atoms with van der Waals surface area (Å²) in [5.41, 5.74) is 0. The number of rotatable bonds is 0. The summed E-state index contributed by atoms with van der Waals surface area (Å²) >= 11 is 0. The molecule has 0 heterocycles. The Morgan fingerprint density at radius 3 is 1.22 bits per heavy atom. The molecular weight excluding hydrogens is 222 g/mol. The molecule has 0 saturated heterocycles. The van der Waals surface area contributed by atoms with E-state index in [1.807, 2.05) is 0 Å². The monoisotopic (exact) mass is 230 g/mol. The van der Waals surface area contributed by atoms with E-state index in [1.165, 1.54) is 0 Å². The van der Waals surface area contributed by atoms with Crippen LogP contribution in [-0.4, -0.2) is 72.6 Å². The van der Waals surface area contributed by atoms with Crippen LogP contribution in [0.5, 0.6) is 0 Å². The molecule has 0 unspecified atom stereocenters. The van der Waals surface area contributed by atoms with Gasteiger partial charge in [-0.3, -0.25) is 9.11 Å². The van der Waals surface area contributed by atoms with Crippen LogP contribution >= 0.6 is 12.4 Å². The van der Waals surface area contributed by atoms with E-state index in [2.05, 4.69) is 0 Å². The summed E-state index contributed by atoms with van der Waals surface area (Å²) in [6.07, 6.45) is 0. The molecule has 9 heavy (non-hydrogen) atoms. The van der Waals surface area contributed by atoms with Gasteiger partial charge in [0.2, 0.25) is 0 Å². The Bertz CT molecular complexity index is 113. The van der Waals surface area contributed by atoms with Crippen molar-refractivity contribution >= 4 is 77.9 Å². The second-order valence-corrected chi connectivity index (χ2v) is 1.34. The normalized spacial score (nSPS) is 6.44. The van der Waals surface area contributed by atoms with Crippen molar-refractivity contribution in [2.24, 2.45) is 0 Å². The summed E-state index contributed by atoms with van der Waals surface area (Å²) in [7, 11) is -4.67. The molecule has 0 aromatic rings. The molecule has 9 heteroatoms. The average Bonchev–Trinajstić information content (AvgIpc) is 0.722. The smallest absolute Gasteiger partial charge is 1.00 e. The van der Waals surface area contributed by atoms with E-state index in [-0.39, 0.29) is 101 Å². The molecule has 0 aromatic heterocycles. The molecule has 0 aliphatic heterocycles. The maximum atomic E-state index is 8.74. The summed E-state index contributed by atoms with van der Waals surface area (Å²) < 4.78 is 31.6. The minimum Gasteiger partial charge on any atom is -1.00 e. The standard InChI is InChI=1S/Al.Ca.ClH.Na.H2O4S.6H/c;;;;1-5(2,3)4;;;;;;/h;;1H;;(H2,1,2,3,4);;;;;;/q;+2;;+1;;;;;3*-1. The van der Waals surface area contributed by atoms with Gasteiger partial charge in [-0.15, -0.1) is 12.4 Å². The van der Waals surface area contributed by atoms with Gasteiger partial charge >= 0.3 is 77.7 Å². The molecular formula is H9AlCaClNaO4S. The molecule has 4 nitrogen and oxygen atoms in total. The molecule has 0 fully saturated rings. The third kappa shape index (κ3) is 101. The number of hydrogen-bond donors (Lipinski definition) is 2. The van der Waals surface area contributed by atoms with Gasteiger partial charge in [0.25, 0.3) is 0 Å². The maximum Gasteiger partial charge on any atom is 2.00 e. The van der Waals surface area contributed by atoms with Crippen LogP contribution in [0.25, 0.3) is 0 Å². The third-order valence-corrected chi connectivity index (χ3v) is 0. The molecule has 0 radical (unpaired) electrons. The Kier molecular flexibility index (Phi) is 44.6. The fourth-order valence-electron chi connectivity index (χ4n) is 0. The van der Waals surface area contributed by atoms with E-state index >= 15 is 0 Å². The molecule has 2 N–H and O–H groups in total. The zero-order valence-electron chi connectivity index (χ0n) is 7.23. The van der Waals surface area contributed by atoms with Crippen LogP contribution in [0.15, 0.2) is 0 Å². The van der Waals surface area contributed by atoms with Crippen molar-refractivity contribution in [3.05, 3.63) is 0 Å². The van der Waals surface area contributed by atoms with Crippen LogP contribution < -0.4 is 29.6 Å². The van der Waals surface area contributed by atoms with E-state index < -0.39 is 10.4 Å². The van der Waals surface area contributed by atoms with Gasteiger partial charge in [0, 0.05) is 0 Å². The number of hydrogen-bond acceptors (Lipinski definition) is 2. The first-order valence-corrected chi connectivity index (χ1v) is 2.10. The average molecular weight is 231 g/mol. The van der Waals surface area contributed by atoms with Crippen LogP contribution in [-0.2, 0) is 10.4 Å². The summed E-state index contributed by atoms with van der Waals surface area (Å²) in [6.45, 7) is 0. The summed E-state index contributed by atoms with van der Waals surface area (Å²) in [6, 6.07) is 0. The van der Waals surface area contributed by atoms with Crippen molar-refractivity contribution in [2.75, 3.05) is 0 Å². The van der Waals surface area contributed by atoms with E-state index in [4.69, 9.17) is 17.5 Å². The quantitative estimate of drug-likeness (QED) is 0.325. The predicted molar refractivity (Wildman–Crippen MR) is 40.5 cm³/mol. The van der Waals surface area contributed by atoms with Gasteiger partial charge in [-0.2, -0.15) is 8.42 Å². The van der Waals surface area contributed by atoms with Crippen molar-refractivity contribution in [1.29, 1.82) is 0 Å². The predicted octanol–water partition coefficient (Wildman–Crippen LogP) is -4.45. The first kappa shape index (κ1) is 29.7. The van der Waals surface area contributed by atoms with Crippen LogP contribution in [0, 0.1) is 0 Å². The van der Waals surface area contributed by atoms with E-state index in [9.17, 15) is 0 Å². The topological polar surface area (TPSA) is 74.6 Å². The SMILES string of the molecule is Cl.O=S(=O)(O)O.[AlH3].[Ca+2].[H-].[H-].[H-].[Na+]. The van der Waals surface area contributed by atoms with Gasteiger partial charge in [-0.1, -0.05) is 0 Å². The molecule has 0 aromatic carbocycles. The van der Waals surface area contributed by atoms with Crippen molar-refractivity contribution in [1.82, 2.24) is 0 Å². The number of halogens is 1. The molecule has 0 bridgehead atoms. The van der Waals surface area contributed by atoms with Gasteiger partial charge in [-0.25, -0.2) is 0 Å². The van der Waals surface area contributed by atoms with Crippen molar-refractivity contribution in [3.8, 4) is 0 Å². The van der Waals surface area contributed by atoms with Gasteiger partial charge in [0.05, 0.1) is 0 Å². The Balaban J connectivity index is -0.00000000381. The van der Waals surface area contributed by atoms with Gasteiger partial charge in [-0.05, 0) is 0 Å². The molecule has 0 amide bonds. The van der Waals surface area contributed by atoms with Crippen molar-refractivity contribution in [3.63, 3.8) is 0 Å². The largest absolute Gasteiger partial charge is 2.00 e. The summed E-state index contributed by atoms with van der Waals surface area (Å²) in [5, 5.41) is 0. The van der Waals surface area contributed by atoms with Gasteiger partial charge < -0.3 is 4.28 Å². The van der Waals surface area contributed by atoms with E-state index in [0.29, 0.717) is 0 Å². The third-order valence-electron chi connectivity index (χ3n) is 0. The van der Waals surface area contributed by atoms with Crippen LogP contribution in [0.3, 0.4) is 0 Å². The molecule has 0 saturated carbocycles. The molecule has 52 valence electrons. The zero-order valence-corrected chi connectivity index (χ0v) is 10.1. The van der Waals surface area contributed by atoms with E-state index in [1.54, 1.807) is 0 Å². The molecule has 0 aliphatic rings. The minimum absolute atomic E-state index is 0. The zero-order chi connectivity index (χ0) is 4.50. The first-order valence-electron chi connectivity index (χ1n) is 0.698. The second kappa shape index (κ2) is 13.5. The fraction of sp³-hybridized carbons (Fsp3) is 0. The molecule has 0 aliphatic carbocycles. The van der Waals surface area contributed by atoms with Gasteiger partial charge in [0.15, 0.2) is 17.4 Å². The fourth-order valence-corrected chi connectivity index (χ4v) is 0. The Morgan fingerprint density at radius 2 is 1.22 bits per heavy atom. The first-order chi connectivity index (χ1) is 2.00. The van der Waals surface area contributed by atoms with Crippen LogP contribution in [0.2, 0.25) is 0 Å². The Morgan fingerprint density at radius 1 is 1.22 bits per heavy atom. The molecule has 0 rings (SSSR count). The maximum absolute atomic E-state index is 8.74. The van der Waals surface area contributed by atoms with Crippen LogP contribution in [0.4, 0.5) is 0 Å². The summed E-state index contributed by atoms with van der Waals surface area (Å²) in [4.78, 5) is 0. The summed E-state index contributed by atoms with van der Waals surface area (Å²) in [5.74, 6) is 0. The van der Waals surface area contributed by atoms with Crippen molar-refractivity contribution in [2.45, 2.75) is 0 Å². The Labute approximate surface area is 127 Å². The van der Waals surface area contributed by atoms with Crippen LogP contribution in [0.1, 0.15) is 4.28 Å². The van der Waals surface area contributed by atoms with E-state index in [0.717, 1.165) is 0 Å². The van der Waals surface area contributed by atoms with Crippen molar-refractivity contribution < 1.29 is 51.4 Å². The Hall–Kier alpha value is 2.95. The van der Waals surface area contributed by atoms with Gasteiger partial charge in [0.1, 0.15) is 0 Å².